The summed E-state index contributed by atoms with van der Waals surface area (Å²) in [4.78, 5) is 0. The second-order valence-electron chi connectivity index (χ2n) is 7.23. The van der Waals surface area contributed by atoms with E-state index in [1.54, 1.807) is 0 Å². The molecule has 2 aromatic carbocycles. The average Bonchev–Trinajstić information content (AvgIpc) is 2.66. The third kappa shape index (κ3) is 3.25. The van der Waals surface area contributed by atoms with Crippen molar-refractivity contribution >= 4 is 5.69 Å². The van der Waals surface area contributed by atoms with E-state index in [2.05, 4.69) is 61.6 Å². The molecular formula is C22H27NO2. The number of hydrogen-bond donors (Lipinski definition) is 1. The third-order valence-corrected chi connectivity index (χ3v) is 5.33. The van der Waals surface area contributed by atoms with Gasteiger partial charge >= 0.3 is 0 Å². The topological polar surface area (TPSA) is 30.5 Å². The highest BCUT2D eigenvalue weighted by Crippen LogP contribution is 2.49. The molecule has 2 aliphatic rings. The van der Waals surface area contributed by atoms with Crippen molar-refractivity contribution in [1.29, 1.82) is 0 Å². The minimum atomic E-state index is 0.200. The van der Waals surface area contributed by atoms with E-state index < -0.39 is 0 Å². The predicted octanol–water partition coefficient (Wildman–Crippen LogP) is 5.42. The number of nitrogens with one attached hydrogen (secondary N) is 1. The van der Waals surface area contributed by atoms with Crippen molar-refractivity contribution in [3.8, 4) is 5.75 Å². The summed E-state index contributed by atoms with van der Waals surface area (Å²) in [5.41, 5.74) is 5.15. The monoisotopic (exact) mass is 337 g/mol. The number of hydrogen-bond acceptors (Lipinski definition) is 3. The Kier molecular flexibility index (Phi) is 4.67. The number of fused-ring (bicyclic) bond motifs is 3. The molecule has 1 saturated heterocycles. The van der Waals surface area contributed by atoms with Crippen LogP contribution in [0.5, 0.6) is 5.75 Å². The maximum atomic E-state index is 6.23. The highest BCUT2D eigenvalue weighted by molar-refractivity contribution is 5.58. The van der Waals surface area contributed by atoms with Crippen LogP contribution >= 0.6 is 0 Å². The lowest BCUT2D eigenvalue weighted by atomic mass is 9.77. The minimum Gasteiger partial charge on any atom is -0.494 e. The van der Waals surface area contributed by atoms with Gasteiger partial charge in [-0.25, -0.2) is 0 Å². The molecule has 0 spiro atoms. The first-order valence-electron chi connectivity index (χ1n) is 9.47. The van der Waals surface area contributed by atoms with Gasteiger partial charge in [-0.05, 0) is 49.9 Å². The van der Waals surface area contributed by atoms with Crippen molar-refractivity contribution in [3.63, 3.8) is 0 Å². The maximum Gasteiger partial charge on any atom is 0.119 e. The van der Waals surface area contributed by atoms with E-state index in [1.165, 1.54) is 28.8 Å². The standard InChI is InChI=1S/C22H27NO2/c1-3-12-24-17-9-7-16(8-10-17)21-18-5-4-13-25-22(18)19-14-15(2)6-11-20(19)23-21/h6-11,14,18,21-23H,3-5,12-13H2,1-2H3/t18-,21-,22-/m0/s1. The predicted molar refractivity (Wildman–Crippen MR) is 101 cm³/mol. The van der Waals surface area contributed by atoms with Gasteiger partial charge in [0.15, 0.2) is 0 Å². The van der Waals surface area contributed by atoms with E-state index >= 15 is 0 Å². The Morgan fingerprint density at radius 3 is 2.80 bits per heavy atom. The van der Waals surface area contributed by atoms with Crippen molar-refractivity contribution in [1.82, 2.24) is 0 Å². The van der Waals surface area contributed by atoms with Crippen LogP contribution in [-0.4, -0.2) is 13.2 Å². The van der Waals surface area contributed by atoms with Gasteiger partial charge in [0, 0.05) is 23.8 Å². The largest absolute Gasteiger partial charge is 0.494 e. The summed E-state index contributed by atoms with van der Waals surface area (Å²) in [6.07, 6.45) is 3.57. The summed E-state index contributed by atoms with van der Waals surface area (Å²) in [7, 11) is 0. The molecule has 3 atom stereocenters. The summed E-state index contributed by atoms with van der Waals surface area (Å²) in [6.45, 7) is 5.92. The van der Waals surface area contributed by atoms with Crippen LogP contribution in [0.15, 0.2) is 42.5 Å². The number of benzene rings is 2. The van der Waals surface area contributed by atoms with Crippen LogP contribution in [0.1, 0.15) is 55.0 Å². The molecule has 3 nitrogen and oxygen atoms in total. The summed E-state index contributed by atoms with van der Waals surface area (Å²) in [5.74, 6) is 1.43. The zero-order valence-electron chi connectivity index (χ0n) is 15.1. The van der Waals surface area contributed by atoms with Gasteiger partial charge < -0.3 is 14.8 Å². The third-order valence-electron chi connectivity index (χ3n) is 5.33. The molecule has 2 aromatic rings. The van der Waals surface area contributed by atoms with E-state index in [1.807, 2.05) is 0 Å². The molecular weight excluding hydrogens is 310 g/mol. The SMILES string of the molecule is CCCOc1ccc([C@@H]2Nc3ccc(C)cc3[C@H]3OCCC[C@H]32)cc1. The Hall–Kier alpha value is -2.00. The fraction of sp³-hybridized carbons (Fsp3) is 0.455. The quantitative estimate of drug-likeness (QED) is 0.808. The summed E-state index contributed by atoms with van der Waals surface area (Å²) < 4.78 is 12.0. The lowest BCUT2D eigenvalue weighted by Gasteiger charge is -2.43. The second-order valence-corrected chi connectivity index (χ2v) is 7.23. The lowest BCUT2D eigenvalue weighted by molar-refractivity contribution is -0.0381. The van der Waals surface area contributed by atoms with Crippen LogP contribution in [0.2, 0.25) is 0 Å². The van der Waals surface area contributed by atoms with Crippen LogP contribution in [-0.2, 0) is 4.74 Å². The van der Waals surface area contributed by atoms with Gasteiger partial charge in [-0.15, -0.1) is 0 Å². The molecule has 2 aliphatic heterocycles. The normalized spacial score (nSPS) is 24.8. The Bertz CT molecular complexity index is 725. The summed E-state index contributed by atoms with van der Waals surface area (Å²) >= 11 is 0. The maximum absolute atomic E-state index is 6.23. The van der Waals surface area contributed by atoms with E-state index in [4.69, 9.17) is 9.47 Å². The number of ether oxygens (including phenoxy) is 2. The molecule has 0 unspecified atom stereocenters. The van der Waals surface area contributed by atoms with Crippen molar-refractivity contribution < 1.29 is 9.47 Å². The zero-order chi connectivity index (χ0) is 17.2. The van der Waals surface area contributed by atoms with Crippen molar-refractivity contribution in [2.45, 2.75) is 45.3 Å². The molecule has 1 N–H and O–H groups in total. The molecule has 0 radical (unpaired) electrons. The molecule has 0 aliphatic carbocycles. The highest BCUT2D eigenvalue weighted by atomic mass is 16.5. The molecule has 132 valence electrons. The van der Waals surface area contributed by atoms with E-state index in [0.29, 0.717) is 12.0 Å². The number of anilines is 1. The van der Waals surface area contributed by atoms with Crippen molar-refractivity contribution in [2.75, 3.05) is 18.5 Å². The lowest BCUT2D eigenvalue weighted by Crippen LogP contribution is -2.36. The smallest absolute Gasteiger partial charge is 0.119 e. The van der Waals surface area contributed by atoms with E-state index in [9.17, 15) is 0 Å². The van der Waals surface area contributed by atoms with Crippen molar-refractivity contribution in [2.24, 2.45) is 5.92 Å². The molecule has 1 fully saturated rings. The highest BCUT2D eigenvalue weighted by Gasteiger charge is 2.39. The van der Waals surface area contributed by atoms with Crippen LogP contribution in [0.3, 0.4) is 0 Å². The molecule has 4 rings (SSSR count). The van der Waals surface area contributed by atoms with E-state index in [-0.39, 0.29) is 6.10 Å². The van der Waals surface area contributed by atoms with Crippen LogP contribution in [0.4, 0.5) is 5.69 Å². The molecule has 3 heteroatoms. The van der Waals surface area contributed by atoms with Gasteiger partial charge in [0.2, 0.25) is 0 Å². The second kappa shape index (κ2) is 7.09. The molecule has 2 heterocycles. The van der Waals surface area contributed by atoms with Gasteiger partial charge in [-0.1, -0.05) is 36.8 Å². The zero-order valence-corrected chi connectivity index (χ0v) is 15.1. The van der Waals surface area contributed by atoms with Crippen LogP contribution in [0, 0.1) is 12.8 Å². The number of aryl methyl sites for hydroxylation is 1. The van der Waals surface area contributed by atoms with Gasteiger partial charge in [-0.2, -0.15) is 0 Å². The van der Waals surface area contributed by atoms with Gasteiger partial charge in [0.05, 0.1) is 18.8 Å². The Balaban J connectivity index is 1.64. The Labute approximate surface area is 150 Å². The first kappa shape index (κ1) is 16.5. The molecule has 0 bridgehead atoms. The molecule has 0 aromatic heterocycles. The fourth-order valence-corrected chi connectivity index (χ4v) is 4.11. The molecule has 0 saturated carbocycles. The first-order valence-corrected chi connectivity index (χ1v) is 9.47. The Morgan fingerprint density at radius 1 is 1.16 bits per heavy atom. The molecule has 25 heavy (non-hydrogen) atoms. The van der Waals surface area contributed by atoms with E-state index in [0.717, 1.165) is 31.8 Å². The summed E-state index contributed by atoms with van der Waals surface area (Å²) in [6, 6.07) is 15.5. The fourth-order valence-electron chi connectivity index (χ4n) is 4.11. The van der Waals surface area contributed by atoms with Crippen molar-refractivity contribution in [3.05, 3.63) is 59.2 Å². The summed E-state index contributed by atoms with van der Waals surface area (Å²) in [5, 5.41) is 3.78. The van der Waals surface area contributed by atoms with Gasteiger partial charge in [-0.3, -0.25) is 0 Å². The number of rotatable bonds is 4. The van der Waals surface area contributed by atoms with Crippen LogP contribution < -0.4 is 10.1 Å². The van der Waals surface area contributed by atoms with Crippen LogP contribution in [0.25, 0.3) is 0 Å². The van der Waals surface area contributed by atoms with Gasteiger partial charge in [0.1, 0.15) is 5.75 Å². The Morgan fingerprint density at radius 2 is 2.00 bits per heavy atom. The van der Waals surface area contributed by atoms with Gasteiger partial charge in [0.25, 0.3) is 0 Å². The minimum absolute atomic E-state index is 0.200. The first-order chi connectivity index (χ1) is 12.3. The molecule has 0 amide bonds. The average molecular weight is 337 g/mol.